The predicted octanol–water partition coefficient (Wildman–Crippen LogP) is 4.35. The first-order chi connectivity index (χ1) is 14.0. The van der Waals surface area contributed by atoms with Gasteiger partial charge in [0, 0.05) is 45.2 Å². The number of ether oxygens (including phenoxy) is 1. The van der Waals surface area contributed by atoms with E-state index in [1.807, 2.05) is 37.2 Å². The third-order valence-electron chi connectivity index (χ3n) is 5.33. The average molecular weight is 409 g/mol. The molecule has 0 fully saturated rings. The van der Waals surface area contributed by atoms with Crippen LogP contribution in [-0.2, 0) is 13.1 Å². The van der Waals surface area contributed by atoms with Crippen molar-refractivity contribution < 1.29 is 4.74 Å². The zero-order chi connectivity index (χ0) is 20.4. The van der Waals surface area contributed by atoms with E-state index in [4.69, 9.17) is 16.3 Å². The molecule has 0 aliphatic carbocycles. The summed E-state index contributed by atoms with van der Waals surface area (Å²) in [6.45, 7) is 2.51. The third-order valence-corrected chi connectivity index (χ3v) is 5.50. The van der Waals surface area contributed by atoms with E-state index in [9.17, 15) is 0 Å². The Hall–Kier alpha value is -2.63. The number of halogens is 1. The minimum atomic E-state index is 0.150. The van der Waals surface area contributed by atoms with Crippen LogP contribution in [-0.4, -0.2) is 42.6 Å². The quantitative estimate of drug-likeness (QED) is 0.587. The van der Waals surface area contributed by atoms with Crippen molar-refractivity contribution in [2.45, 2.75) is 19.0 Å². The number of fused-ring (bicyclic) bond motifs is 1. The number of hydrogen-bond acceptors (Lipinski definition) is 5. The third kappa shape index (κ3) is 4.21. The van der Waals surface area contributed by atoms with E-state index in [-0.39, 0.29) is 5.92 Å². The summed E-state index contributed by atoms with van der Waals surface area (Å²) in [6, 6.07) is 18.8. The fourth-order valence-electron chi connectivity index (χ4n) is 3.96. The van der Waals surface area contributed by atoms with Gasteiger partial charge in [0.15, 0.2) is 0 Å². The molecule has 6 heteroatoms. The van der Waals surface area contributed by atoms with Crippen LogP contribution in [0.1, 0.15) is 28.3 Å². The van der Waals surface area contributed by atoms with Gasteiger partial charge in [0.2, 0.25) is 5.28 Å². The maximum absolute atomic E-state index is 6.30. The van der Waals surface area contributed by atoms with Crippen LogP contribution in [0.15, 0.2) is 54.6 Å². The Morgan fingerprint density at radius 2 is 1.79 bits per heavy atom. The summed E-state index contributed by atoms with van der Waals surface area (Å²) in [5.41, 5.74) is 4.67. The number of methoxy groups -OCH3 is 1. The van der Waals surface area contributed by atoms with Crippen LogP contribution in [0.3, 0.4) is 0 Å². The van der Waals surface area contributed by atoms with Crippen molar-refractivity contribution in [1.29, 1.82) is 0 Å². The van der Waals surface area contributed by atoms with Gasteiger partial charge in [-0.3, -0.25) is 4.90 Å². The van der Waals surface area contributed by atoms with Crippen LogP contribution in [0.4, 0.5) is 5.82 Å². The molecule has 0 bridgehead atoms. The molecule has 4 rings (SSSR count). The second kappa shape index (κ2) is 8.39. The number of rotatable bonds is 5. The summed E-state index contributed by atoms with van der Waals surface area (Å²) in [5.74, 6) is 1.91. The van der Waals surface area contributed by atoms with Crippen LogP contribution in [0.5, 0.6) is 5.75 Å². The Balaban J connectivity index is 1.72. The largest absolute Gasteiger partial charge is 0.497 e. The van der Waals surface area contributed by atoms with Gasteiger partial charge < -0.3 is 9.64 Å². The van der Waals surface area contributed by atoms with E-state index in [0.717, 1.165) is 42.5 Å². The Kier molecular flexibility index (Phi) is 5.69. The van der Waals surface area contributed by atoms with E-state index < -0.39 is 0 Å². The van der Waals surface area contributed by atoms with Gasteiger partial charge in [-0.05, 0) is 34.9 Å². The standard InChI is InChI=1S/C23H25ClN4O/c1-27(2)22-20-15-28(13-16-9-11-18(29-3)12-10-16)14-19(17-7-5-4-6-8-17)21(20)25-23(24)26-22/h4-12,19H,13-15H2,1-3H3. The molecule has 0 N–H and O–H groups in total. The van der Waals surface area contributed by atoms with Gasteiger partial charge in [0.25, 0.3) is 0 Å². The van der Waals surface area contributed by atoms with Crippen molar-refractivity contribution in [1.82, 2.24) is 14.9 Å². The number of aromatic nitrogens is 2. The zero-order valence-corrected chi connectivity index (χ0v) is 17.7. The second-order valence-electron chi connectivity index (χ2n) is 7.56. The van der Waals surface area contributed by atoms with Crippen molar-refractivity contribution in [3.63, 3.8) is 0 Å². The normalized spacial score (nSPS) is 16.3. The van der Waals surface area contributed by atoms with Gasteiger partial charge in [-0.25, -0.2) is 9.97 Å². The molecule has 1 aromatic heterocycles. The van der Waals surface area contributed by atoms with Crippen molar-refractivity contribution in [3.8, 4) is 5.75 Å². The van der Waals surface area contributed by atoms with E-state index in [0.29, 0.717) is 5.28 Å². The molecular formula is C23H25ClN4O. The first-order valence-electron chi connectivity index (χ1n) is 9.69. The average Bonchev–Trinajstić information content (AvgIpc) is 2.74. The maximum atomic E-state index is 6.30. The lowest BCUT2D eigenvalue weighted by Gasteiger charge is -2.36. The summed E-state index contributed by atoms with van der Waals surface area (Å²) in [5, 5.41) is 0.303. The van der Waals surface area contributed by atoms with Crippen LogP contribution < -0.4 is 9.64 Å². The fraction of sp³-hybridized carbons (Fsp3) is 0.304. The molecule has 0 radical (unpaired) electrons. The Labute approximate surface area is 176 Å². The summed E-state index contributed by atoms with van der Waals surface area (Å²) in [7, 11) is 5.69. The zero-order valence-electron chi connectivity index (χ0n) is 17.0. The predicted molar refractivity (Wildman–Crippen MR) is 117 cm³/mol. The maximum Gasteiger partial charge on any atom is 0.224 e. The number of hydrogen-bond donors (Lipinski definition) is 0. The molecule has 1 atom stereocenters. The monoisotopic (exact) mass is 408 g/mol. The van der Waals surface area contributed by atoms with Crippen molar-refractivity contribution in [2.75, 3.05) is 32.6 Å². The summed E-state index contributed by atoms with van der Waals surface area (Å²) < 4.78 is 5.29. The highest BCUT2D eigenvalue weighted by Gasteiger charge is 2.31. The van der Waals surface area contributed by atoms with Crippen LogP contribution >= 0.6 is 11.6 Å². The summed E-state index contributed by atoms with van der Waals surface area (Å²) in [4.78, 5) is 13.6. The molecule has 2 aromatic carbocycles. The lowest BCUT2D eigenvalue weighted by molar-refractivity contribution is 0.229. The van der Waals surface area contributed by atoms with Gasteiger partial charge >= 0.3 is 0 Å². The topological polar surface area (TPSA) is 41.5 Å². The molecule has 29 heavy (non-hydrogen) atoms. The van der Waals surface area contributed by atoms with Crippen LogP contribution in [0.25, 0.3) is 0 Å². The first kappa shape index (κ1) is 19.7. The highest BCUT2D eigenvalue weighted by atomic mass is 35.5. The number of anilines is 1. The molecular weight excluding hydrogens is 384 g/mol. The summed E-state index contributed by atoms with van der Waals surface area (Å²) >= 11 is 6.30. The Morgan fingerprint density at radius 3 is 2.45 bits per heavy atom. The molecule has 5 nitrogen and oxygen atoms in total. The molecule has 0 spiro atoms. The SMILES string of the molecule is COc1ccc(CN2Cc3c(nc(Cl)nc3N(C)C)C(c3ccccc3)C2)cc1. The Morgan fingerprint density at radius 1 is 1.07 bits per heavy atom. The van der Waals surface area contributed by atoms with Gasteiger partial charge in [0.05, 0.1) is 12.8 Å². The van der Waals surface area contributed by atoms with E-state index >= 15 is 0 Å². The molecule has 1 aliphatic rings. The molecule has 0 saturated carbocycles. The minimum Gasteiger partial charge on any atom is -0.497 e. The van der Waals surface area contributed by atoms with Crippen LogP contribution in [0, 0.1) is 0 Å². The number of nitrogens with zero attached hydrogens (tertiary/aromatic N) is 4. The van der Waals surface area contributed by atoms with E-state index in [1.165, 1.54) is 11.1 Å². The summed E-state index contributed by atoms with van der Waals surface area (Å²) in [6.07, 6.45) is 0. The van der Waals surface area contributed by atoms with Crippen molar-refractivity contribution >= 4 is 17.4 Å². The lowest BCUT2D eigenvalue weighted by atomic mass is 9.88. The molecule has 1 unspecified atom stereocenters. The fourth-order valence-corrected chi connectivity index (χ4v) is 4.13. The highest BCUT2D eigenvalue weighted by molar-refractivity contribution is 6.28. The molecule has 0 saturated heterocycles. The van der Waals surface area contributed by atoms with Gasteiger partial charge in [-0.2, -0.15) is 0 Å². The van der Waals surface area contributed by atoms with Crippen molar-refractivity contribution in [2.24, 2.45) is 0 Å². The molecule has 1 aliphatic heterocycles. The molecule has 150 valence electrons. The second-order valence-corrected chi connectivity index (χ2v) is 7.89. The van der Waals surface area contributed by atoms with Crippen LogP contribution in [0.2, 0.25) is 5.28 Å². The first-order valence-corrected chi connectivity index (χ1v) is 10.1. The van der Waals surface area contributed by atoms with E-state index in [1.54, 1.807) is 7.11 Å². The van der Waals surface area contributed by atoms with Gasteiger partial charge in [-0.1, -0.05) is 42.5 Å². The van der Waals surface area contributed by atoms with Gasteiger partial charge in [0.1, 0.15) is 11.6 Å². The van der Waals surface area contributed by atoms with E-state index in [2.05, 4.69) is 51.3 Å². The Bertz CT molecular complexity index is 976. The highest BCUT2D eigenvalue weighted by Crippen LogP contribution is 2.37. The number of benzene rings is 2. The molecule has 2 heterocycles. The van der Waals surface area contributed by atoms with Crippen molar-refractivity contribution in [3.05, 3.63) is 82.3 Å². The smallest absolute Gasteiger partial charge is 0.224 e. The molecule has 0 amide bonds. The van der Waals surface area contributed by atoms with Gasteiger partial charge in [-0.15, -0.1) is 0 Å². The lowest BCUT2D eigenvalue weighted by Crippen LogP contribution is -2.36. The molecule has 3 aromatic rings. The minimum absolute atomic E-state index is 0.150.